The third-order valence-corrected chi connectivity index (χ3v) is 6.13. The van der Waals surface area contributed by atoms with Gasteiger partial charge in [0, 0.05) is 34.6 Å². The number of amides is 2. The molecular weight excluding hydrogens is 463 g/mol. The highest BCUT2D eigenvalue weighted by atomic mass is 35.5. The van der Waals surface area contributed by atoms with Crippen LogP contribution in [0, 0.1) is 0 Å². The zero-order valence-corrected chi connectivity index (χ0v) is 21.1. The van der Waals surface area contributed by atoms with Crippen molar-refractivity contribution >= 4 is 35.0 Å². The molecule has 0 aliphatic carbocycles. The van der Waals surface area contributed by atoms with E-state index in [9.17, 15) is 9.59 Å². The molecule has 2 amide bonds. The lowest BCUT2D eigenvalue weighted by molar-refractivity contribution is -0.141. The number of benzene rings is 2. The van der Waals surface area contributed by atoms with Crippen molar-refractivity contribution in [2.24, 2.45) is 0 Å². The average molecular weight is 495 g/mol. The van der Waals surface area contributed by atoms with Crippen LogP contribution in [0.5, 0.6) is 11.5 Å². The quantitative estimate of drug-likeness (QED) is 0.396. The van der Waals surface area contributed by atoms with Gasteiger partial charge in [-0.15, -0.1) is 0 Å². The molecule has 0 saturated carbocycles. The van der Waals surface area contributed by atoms with Crippen LogP contribution in [-0.4, -0.2) is 42.5 Å². The third-order valence-electron chi connectivity index (χ3n) is 5.42. The van der Waals surface area contributed by atoms with E-state index in [1.165, 1.54) is 4.90 Å². The van der Waals surface area contributed by atoms with Gasteiger partial charge in [0.1, 0.15) is 17.5 Å². The fourth-order valence-electron chi connectivity index (χ4n) is 3.13. The first-order valence-corrected chi connectivity index (χ1v) is 11.8. The lowest BCUT2D eigenvalue weighted by Crippen LogP contribution is -2.49. The second-order valence-corrected chi connectivity index (χ2v) is 8.66. The summed E-state index contributed by atoms with van der Waals surface area (Å²) in [6, 6.07) is 11.8. The van der Waals surface area contributed by atoms with Gasteiger partial charge in [-0.25, -0.2) is 0 Å². The van der Waals surface area contributed by atoms with Crippen molar-refractivity contribution in [1.82, 2.24) is 10.2 Å². The van der Waals surface area contributed by atoms with E-state index in [2.05, 4.69) is 5.32 Å². The molecule has 0 saturated heterocycles. The van der Waals surface area contributed by atoms with Crippen molar-refractivity contribution in [2.45, 2.75) is 58.7 Å². The number of hydrogen-bond donors (Lipinski definition) is 1. The highest BCUT2D eigenvalue weighted by Gasteiger charge is 2.27. The molecule has 1 N–H and O–H groups in total. The molecule has 2 atom stereocenters. The number of ether oxygens (including phenoxy) is 2. The first-order valence-electron chi connectivity index (χ1n) is 11.1. The van der Waals surface area contributed by atoms with Crippen LogP contribution in [0.3, 0.4) is 0 Å². The van der Waals surface area contributed by atoms with Crippen LogP contribution < -0.4 is 14.8 Å². The van der Waals surface area contributed by atoms with Gasteiger partial charge in [0.05, 0.1) is 13.7 Å². The summed E-state index contributed by atoms with van der Waals surface area (Å²) >= 11 is 12.7. The fourth-order valence-corrected chi connectivity index (χ4v) is 3.65. The summed E-state index contributed by atoms with van der Waals surface area (Å²) in [5, 5.41) is 3.86. The van der Waals surface area contributed by atoms with Crippen molar-refractivity contribution in [3.05, 3.63) is 58.1 Å². The van der Waals surface area contributed by atoms with Crippen LogP contribution in [0.4, 0.5) is 0 Å². The molecule has 0 aromatic heterocycles. The topological polar surface area (TPSA) is 67.9 Å². The van der Waals surface area contributed by atoms with Crippen LogP contribution in [0.15, 0.2) is 42.5 Å². The molecular formula is C25H32Cl2N2O4. The Kier molecular flexibility index (Phi) is 10.8. The van der Waals surface area contributed by atoms with Crippen LogP contribution in [0.1, 0.15) is 45.6 Å². The Hall–Kier alpha value is -2.44. The van der Waals surface area contributed by atoms with Gasteiger partial charge in [-0.2, -0.15) is 0 Å². The SMILES string of the molecule is CCC(C)NC(=O)C(C)N(Cc1c(Cl)cccc1Cl)C(=O)CCCOc1ccc(OC)cc1. The second-order valence-electron chi connectivity index (χ2n) is 7.84. The Morgan fingerprint density at radius 3 is 2.21 bits per heavy atom. The lowest BCUT2D eigenvalue weighted by atomic mass is 10.1. The molecule has 0 aliphatic rings. The van der Waals surface area contributed by atoms with Gasteiger partial charge in [-0.1, -0.05) is 36.2 Å². The van der Waals surface area contributed by atoms with Gasteiger partial charge >= 0.3 is 0 Å². The fraction of sp³-hybridized carbons (Fsp3) is 0.440. The molecule has 0 radical (unpaired) electrons. The standard InChI is InChI=1S/C25H32Cl2N2O4/c1-5-17(2)28-25(31)18(3)29(16-21-22(26)8-6-9-23(21)27)24(30)10-7-15-33-20-13-11-19(32-4)12-14-20/h6,8-9,11-14,17-18H,5,7,10,15-16H2,1-4H3,(H,28,31). The largest absolute Gasteiger partial charge is 0.497 e. The molecule has 0 heterocycles. The molecule has 2 aromatic carbocycles. The number of carbonyl (C=O) groups excluding carboxylic acids is 2. The predicted octanol–water partition coefficient (Wildman–Crippen LogP) is 5.49. The summed E-state index contributed by atoms with van der Waals surface area (Å²) in [5.74, 6) is 1.06. The lowest BCUT2D eigenvalue weighted by Gasteiger charge is -2.30. The molecule has 6 nitrogen and oxygen atoms in total. The van der Waals surface area contributed by atoms with Crippen molar-refractivity contribution in [3.63, 3.8) is 0 Å². The van der Waals surface area contributed by atoms with Gasteiger partial charge in [-0.3, -0.25) is 9.59 Å². The van der Waals surface area contributed by atoms with E-state index in [1.807, 2.05) is 38.1 Å². The second kappa shape index (κ2) is 13.3. The smallest absolute Gasteiger partial charge is 0.242 e. The predicted molar refractivity (Wildman–Crippen MR) is 132 cm³/mol. The average Bonchev–Trinajstić information content (AvgIpc) is 2.81. The number of halogens is 2. The summed E-state index contributed by atoms with van der Waals surface area (Å²) in [5.41, 5.74) is 0.617. The van der Waals surface area contributed by atoms with Crippen molar-refractivity contribution in [2.75, 3.05) is 13.7 Å². The van der Waals surface area contributed by atoms with E-state index in [0.717, 1.165) is 12.2 Å². The van der Waals surface area contributed by atoms with Gasteiger partial charge in [0.2, 0.25) is 11.8 Å². The Morgan fingerprint density at radius 2 is 1.64 bits per heavy atom. The van der Waals surface area contributed by atoms with Gasteiger partial charge < -0.3 is 19.7 Å². The maximum absolute atomic E-state index is 13.2. The van der Waals surface area contributed by atoms with Gasteiger partial charge in [0.15, 0.2) is 0 Å². The normalized spacial score (nSPS) is 12.5. The monoisotopic (exact) mass is 494 g/mol. The maximum Gasteiger partial charge on any atom is 0.242 e. The third kappa shape index (κ3) is 8.13. The van der Waals surface area contributed by atoms with E-state index >= 15 is 0 Å². The van der Waals surface area contributed by atoms with E-state index in [0.29, 0.717) is 34.4 Å². The van der Waals surface area contributed by atoms with Crippen molar-refractivity contribution in [3.8, 4) is 11.5 Å². The van der Waals surface area contributed by atoms with Crippen LogP contribution in [-0.2, 0) is 16.1 Å². The molecule has 8 heteroatoms. The van der Waals surface area contributed by atoms with E-state index in [4.69, 9.17) is 32.7 Å². The summed E-state index contributed by atoms with van der Waals surface area (Å²) in [6.45, 7) is 6.15. The molecule has 0 fully saturated rings. The number of rotatable bonds is 12. The van der Waals surface area contributed by atoms with Gasteiger partial charge in [-0.05, 0) is 63.1 Å². The number of methoxy groups -OCH3 is 1. The van der Waals surface area contributed by atoms with Crippen LogP contribution >= 0.6 is 23.2 Å². The highest BCUT2D eigenvalue weighted by Crippen LogP contribution is 2.27. The Bertz CT molecular complexity index is 901. The van der Waals surface area contributed by atoms with Crippen LogP contribution in [0.25, 0.3) is 0 Å². The molecule has 0 bridgehead atoms. The summed E-state index contributed by atoms with van der Waals surface area (Å²) < 4.78 is 10.9. The molecule has 2 rings (SSSR count). The number of carbonyl (C=O) groups is 2. The minimum absolute atomic E-state index is 0.0127. The number of nitrogens with one attached hydrogen (secondary N) is 1. The molecule has 33 heavy (non-hydrogen) atoms. The molecule has 0 spiro atoms. The summed E-state index contributed by atoms with van der Waals surface area (Å²) in [4.78, 5) is 27.5. The first-order chi connectivity index (χ1) is 15.8. The van der Waals surface area contributed by atoms with E-state index in [1.54, 1.807) is 32.2 Å². The Morgan fingerprint density at radius 1 is 1.03 bits per heavy atom. The maximum atomic E-state index is 13.2. The molecule has 0 aliphatic heterocycles. The van der Waals surface area contributed by atoms with E-state index < -0.39 is 6.04 Å². The zero-order chi connectivity index (χ0) is 24.4. The Balaban J connectivity index is 2.05. The minimum atomic E-state index is -0.679. The zero-order valence-electron chi connectivity index (χ0n) is 19.6. The first kappa shape index (κ1) is 26.8. The van der Waals surface area contributed by atoms with Crippen molar-refractivity contribution in [1.29, 1.82) is 0 Å². The van der Waals surface area contributed by atoms with Gasteiger partial charge in [0.25, 0.3) is 0 Å². The summed E-state index contributed by atoms with van der Waals surface area (Å²) in [6.07, 6.45) is 1.52. The number of hydrogen-bond acceptors (Lipinski definition) is 4. The number of nitrogens with zero attached hydrogens (tertiary/aromatic N) is 1. The minimum Gasteiger partial charge on any atom is -0.497 e. The molecule has 2 unspecified atom stereocenters. The van der Waals surface area contributed by atoms with Crippen LogP contribution in [0.2, 0.25) is 10.0 Å². The van der Waals surface area contributed by atoms with E-state index in [-0.39, 0.29) is 30.8 Å². The van der Waals surface area contributed by atoms with Crippen molar-refractivity contribution < 1.29 is 19.1 Å². The molecule has 180 valence electrons. The highest BCUT2D eigenvalue weighted by molar-refractivity contribution is 6.36. The Labute approximate surface area is 206 Å². The molecule has 2 aromatic rings. The summed E-state index contributed by atoms with van der Waals surface area (Å²) in [7, 11) is 1.60.